The Morgan fingerprint density at radius 2 is 0.855 bits per heavy atom. The van der Waals surface area contributed by atoms with Gasteiger partial charge in [0.05, 0.1) is 11.1 Å². The van der Waals surface area contributed by atoms with Gasteiger partial charge in [-0.2, -0.15) is 0 Å². The van der Waals surface area contributed by atoms with E-state index in [0.717, 1.165) is 61.3 Å². The first-order valence-corrected chi connectivity index (χ1v) is 17.5. The van der Waals surface area contributed by atoms with Crippen LogP contribution in [-0.2, 0) is 17.1 Å². The summed E-state index contributed by atoms with van der Waals surface area (Å²) in [6.07, 6.45) is 8.13. The standard InChI is InChI=1S/C46H30N4O4.Mn/c51-45(52)31-15-11-29(12-16-31)43-37-23-21-35(48-37)41(27-7-3-1-4-8-27)33-19-20-34(47-33)42(28-9-5-2-6-10-28)36-22-24-38(49-36)44(40-26-25-39(43)50-40)30-13-17-32(18-14-30)46(53)54;/h1-26,33,39H,(H,51,52)(H,53,54);/q-4;+2/b41-35-,42-34-,43-37-,44-40-;. The fourth-order valence-corrected chi connectivity index (χ4v) is 7.35. The predicted octanol–water partition coefficient (Wildman–Crippen LogP) is 7.25. The molecule has 0 spiro atoms. The molecule has 2 N–H and O–H groups in total. The first-order valence-electron chi connectivity index (χ1n) is 17.5. The Morgan fingerprint density at radius 3 is 1.31 bits per heavy atom. The molecular formula is C46H30MnN4O4-2. The van der Waals surface area contributed by atoms with E-state index in [4.69, 9.17) is 20.6 Å². The summed E-state index contributed by atoms with van der Waals surface area (Å²) >= 11 is 0. The van der Waals surface area contributed by atoms with E-state index in [9.17, 15) is 19.8 Å². The number of aromatic carboxylic acids is 2. The summed E-state index contributed by atoms with van der Waals surface area (Å²) in [5.74, 6) is -2.02. The molecule has 0 amide bonds. The Hall–Kier alpha value is -6.80. The number of hydrogen-bond acceptors (Lipinski definition) is 2. The molecule has 1 radical (unpaired) electrons. The van der Waals surface area contributed by atoms with Crippen LogP contribution in [0.15, 0.2) is 169 Å². The third kappa shape index (κ3) is 6.56. The van der Waals surface area contributed by atoms with E-state index in [2.05, 4.69) is 36.4 Å². The molecule has 55 heavy (non-hydrogen) atoms. The number of fused-ring (bicyclic) bond motifs is 8. The van der Waals surface area contributed by atoms with Gasteiger partial charge in [0.2, 0.25) is 0 Å². The van der Waals surface area contributed by atoms with E-state index in [-0.39, 0.29) is 34.2 Å². The molecule has 0 fully saturated rings. The van der Waals surface area contributed by atoms with Crippen molar-refractivity contribution in [1.82, 2.24) is 9.97 Å². The van der Waals surface area contributed by atoms with Crippen LogP contribution in [0, 0.1) is 0 Å². The zero-order valence-electron chi connectivity index (χ0n) is 29.0. The molecular weight excluding hydrogens is 727 g/mol. The van der Waals surface area contributed by atoms with Crippen molar-refractivity contribution in [2.24, 2.45) is 0 Å². The summed E-state index contributed by atoms with van der Waals surface area (Å²) < 4.78 is 0. The van der Waals surface area contributed by atoms with Gasteiger partial charge >= 0.3 is 29.0 Å². The second-order valence-electron chi connectivity index (χ2n) is 13.1. The predicted molar refractivity (Wildman–Crippen MR) is 208 cm³/mol. The van der Waals surface area contributed by atoms with Crippen molar-refractivity contribution >= 4 is 34.2 Å². The molecule has 5 heterocycles. The number of allylic oxidation sites excluding steroid dienone is 2. The van der Waals surface area contributed by atoms with Crippen molar-refractivity contribution in [3.63, 3.8) is 0 Å². The van der Waals surface area contributed by atoms with Crippen LogP contribution in [0.3, 0.4) is 0 Å². The molecule has 2 unspecified atom stereocenters. The minimum Gasteiger partial charge on any atom is -0.674 e. The van der Waals surface area contributed by atoms with Crippen molar-refractivity contribution in [2.45, 2.75) is 12.1 Å². The largest absolute Gasteiger partial charge is 2.00 e. The van der Waals surface area contributed by atoms with Crippen molar-refractivity contribution in [3.8, 4) is 0 Å². The first kappa shape index (κ1) is 35.2. The molecule has 9 heteroatoms. The van der Waals surface area contributed by atoms with Gasteiger partial charge in [-0.05, 0) is 57.7 Å². The number of rotatable bonds is 6. The zero-order valence-corrected chi connectivity index (χ0v) is 30.2. The Labute approximate surface area is 327 Å². The van der Waals surface area contributed by atoms with E-state index in [1.165, 1.54) is 0 Å². The Bertz CT molecular complexity index is 2700. The molecule has 0 saturated carbocycles. The third-order valence-corrected chi connectivity index (χ3v) is 9.89. The topological polar surface area (TPSA) is 131 Å². The van der Waals surface area contributed by atoms with E-state index < -0.39 is 18.0 Å². The Balaban J connectivity index is 0.00000427. The third-order valence-electron chi connectivity index (χ3n) is 9.89. The average Bonchev–Trinajstić information content (AvgIpc) is 4.04. The molecule has 6 aromatic rings. The summed E-state index contributed by atoms with van der Waals surface area (Å²) in [6, 6.07) is 40.9. The van der Waals surface area contributed by atoms with Crippen LogP contribution in [0.2, 0.25) is 0 Å². The van der Waals surface area contributed by atoms with Crippen molar-refractivity contribution in [2.75, 3.05) is 0 Å². The molecule has 9 rings (SSSR count). The van der Waals surface area contributed by atoms with Gasteiger partial charge in [0.1, 0.15) is 0 Å². The SMILES string of the molecule is O=C(O)c1ccc(/C2=C3\C=CC([N-]3)/C(c3ccc(C(=O)O)cc3)=c3/cc/c([n-]3)=C(\c3ccccc3)C3C=C/C(=C(\c4ccccc4)c4ccc2[n-]4)[N-]3)cc1.[Mn+2]. The van der Waals surface area contributed by atoms with Gasteiger partial charge in [-0.3, -0.25) is 0 Å². The normalized spacial score (nSPS) is 21.7. The van der Waals surface area contributed by atoms with Gasteiger partial charge in [0, 0.05) is 0 Å². The van der Waals surface area contributed by atoms with Crippen LogP contribution >= 0.6 is 0 Å². The number of carbonyl (C=O) groups is 2. The Morgan fingerprint density at radius 1 is 0.455 bits per heavy atom. The molecule has 4 aromatic carbocycles. The van der Waals surface area contributed by atoms with Gasteiger partial charge in [-0.15, -0.1) is 33.5 Å². The van der Waals surface area contributed by atoms with Crippen LogP contribution in [0.5, 0.6) is 0 Å². The Kier molecular flexibility index (Phi) is 9.33. The quantitative estimate of drug-likeness (QED) is 0.172. The molecule has 3 aliphatic heterocycles. The van der Waals surface area contributed by atoms with Gasteiger partial charge in [-0.25, -0.2) is 9.59 Å². The van der Waals surface area contributed by atoms with Crippen LogP contribution in [0.4, 0.5) is 0 Å². The molecule has 267 valence electrons. The molecule has 8 bridgehead atoms. The van der Waals surface area contributed by atoms with Crippen molar-refractivity contribution in [3.05, 3.63) is 235 Å². The van der Waals surface area contributed by atoms with Gasteiger partial charge in [-0.1, -0.05) is 157 Å². The number of carboxylic acids is 2. The summed E-state index contributed by atoms with van der Waals surface area (Å²) in [5.41, 5.74) is 10.2. The average molecular weight is 758 g/mol. The fourth-order valence-electron chi connectivity index (χ4n) is 7.35. The van der Waals surface area contributed by atoms with Crippen LogP contribution in [0.1, 0.15) is 54.4 Å². The van der Waals surface area contributed by atoms with Crippen molar-refractivity contribution < 1.29 is 36.9 Å². The molecule has 2 aromatic heterocycles. The van der Waals surface area contributed by atoms with Gasteiger partial charge < -0.3 is 30.8 Å². The first-order chi connectivity index (χ1) is 26.4. The maximum absolute atomic E-state index is 11.8. The summed E-state index contributed by atoms with van der Waals surface area (Å²) in [7, 11) is 0. The molecule has 0 saturated heterocycles. The summed E-state index contributed by atoms with van der Waals surface area (Å²) in [6.45, 7) is 0. The zero-order chi connectivity index (χ0) is 36.8. The smallest absolute Gasteiger partial charge is 0.674 e. The van der Waals surface area contributed by atoms with E-state index in [1.807, 2.05) is 72.8 Å². The summed E-state index contributed by atoms with van der Waals surface area (Å²) in [4.78, 5) is 34.1. The summed E-state index contributed by atoms with van der Waals surface area (Å²) in [5, 5.41) is 31.4. The number of aromatic nitrogens is 2. The maximum Gasteiger partial charge on any atom is 2.00 e. The number of benzene rings is 4. The van der Waals surface area contributed by atoms with E-state index in [0.29, 0.717) is 16.7 Å². The fraction of sp³-hybridized carbons (Fsp3) is 0.0435. The van der Waals surface area contributed by atoms with Gasteiger partial charge in [0.15, 0.2) is 0 Å². The number of carboxylic acid groups (broad SMARTS) is 2. The minimum atomic E-state index is -1.01. The molecule has 2 atom stereocenters. The monoisotopic (exact) mass is 757 g/mol. The molecule has 0 aliphatic carbocycles. The molecule has 8 nitrogen and oxygen atoms in total. The van der Waals surface area contributed by atoms with Crippen LogP contribution in [0.25, 0.3) is 32.9 Å². The molecule has 3 aliphatic rings. The van der Waals surface area contributed by atoms with Crippen LogP contribution in [-0.4, -0.2) is 34.2 Å². The number of nitrogens with zero attached hydrogens (tertiary/aromatic N) is 4. The minimum absolute atomic E-state index is 0. The number of hydrogen-bond donors (Lipinski definition) is 2. The van der Waals surface area contributed by atoms with Crippen LogP contribution < -0.4 is 20.7 Å². The second-order valence-corrected chi connectivity index (χ2v) is 13.1. The second kappa shape index (κ2) is 14.6. The van der Waals surface area contributed by atoms with E-state index in [1.54, 1.807) is 48.5 Å². The maximum atomic E-state index is 11.8. The van der Waals surface area contributed by atoms with Gasteiger partial charge in [0.25, 0.3) is 0 Å². The van der Waals surface area contributed by atoms with E-state index >= 15 is 0 Å². The van der Waals surface area contributed by atoms with Crippen molar-refractivity contribution in [1.29, 1.82) is 0 Å².